The summed E-state index contributed by atoms with van der Waals surface area (Å²) in [6, 6.07) is 14.1. The number of hydrogen-bond donors (Lipinski definition) is 2. The Kier molecular flexibility index (Phi) is 7.61. The van der Waals surface area contributed by atoms with Crippen LogP contribution in [0, 0.1) is 0 Å². The van der Waals surface area contributed by atoms with Gasteiger partial charge in [-0.1, -0.05) is 36.4 Å². The molecule has 2 aromatic carbocycles. The van der Waals surface area contributed by atoms with Gasteiger partial charge in [0.25, 0.3) is 0 Å². The Morgan fingerprint density at radius 3 is 2.23 bits per heavy atom. The lowest BCUT2D eigenvalue weighted by molar-refractivity contribution is 0.322. The summed E-state index contributed by atoms with van der Waals surface area (Å²) >= 11 is 0. The zero-order valence-corrected chi connectivity index (χ0v) is 15.8. The van der Waals surface area contributed by atoms with E-state index in [4.69, 9.17) is 14.2 Å². The minimum Gasteiger partial charge on any atom is -0.493 e. The van der Waals surface area contributed by atoms with Gasteiger partial charge >= 0.3 is 0 Å². The Morgan fingerprint density at radius 2 is 1.62 bits per heavy atom. The molecule has 2 rings (SSSR count). The van der Waals surface area contributed by atoms with E-state index >= 15 is 0 Å². The SMILES string of the molecule is CN=C(NCCc1ccc(OC)c(OC)c1OC)NCc1ccccc1. The normalized spacial score (nSPS) is 11.0. The highest BCUT2D eigenvalue weighted by Crippen LogP contribution is 2.39. The number of nitrogens with one attached hydrogen (secondary N) is 2. The van der Waals surface area contributed by atoms with E-state index in [9.17, 15) is 0 Å². The molecule has 0 aromatic heterocycles. The number of aliphatic imine (C=N–C) groups is 1. The van der Waals surface area contributed by atoms with Crippen LogP contribution in [-0.2, 0) is 13.0 Å². The fraction of sp³-hybridized carbons (Fsp3) is 0.350. The van der Waals surface area contributed by atoms with Crippen LogP contribution < -0.4 is 24.8 Å². The van der Waals surface area contributed by atoms with Crippen LogP contribution in [0.2, 0.25) is 0 Å². The second-order valence-electron chi connectivity index (χ2n) is 5.58. The predicted octanol–water partition coefficient (Wildman–Crippen LogP) is 2.62. The van der Waals surface area contributed by atoms with E-state index in [-0.39, 0.29) is 0 Å². The molecule has 26 heavy (non-hydrogen) atoms. The van der Waals surface area contributed by atoms with E-state index in [1.807, 2.05) is 30.3 Å². The summed E-state index contributed by atoms with van der Waals surface area (Å²) < 4.78 is 16.3. The lowest BCUT2D eigenvalue weighted by Crippen LogP contribution is -2.37. The number of ether oxygens (including phenoxy) is 3. The van der Waals surface area contributed by atoms with Gasteiger partial charge in [-0.05, 0) is 18.1 Å². The van der Waals surface area contributed by atoms with Crippen LogP contribution in [0.3, 0.4) is 0 Å². The average molecular weight is 357 g/mol. The summed E-state index contributed by atoms with van der Waals surface area (Å²) in [7, 11) is 6.62. The van der Waals surface area contributed by atoms with Crippen molar-refractivity contribution in [1.82, 2.24) is 10.6 Å². The van der Waals surface area contributed by atoms with Crippen molar-refractivity contribution in [3.63, 3.8) is 0 Å². The molecule has 2 aromatic rings. The van der Waals surface area contributed by atoms with Crippen molar-refractivity contribution in [2.75, 3.05) is 34.9 Å². The second kappa shape index (κ2) is 10.2. The van der Waals surface area contributed by atoms with Crippen LogP contribution in [0.5, 0.6) is 17.2 Å². The molecule has 0 atom stereocenters. The maximum atomic E-state index is 5.52. The van der Waals surface area contributed by atoms with Gasteiger partial charge in [0, 0.05) is 25.7 Å². The molecule has 0 bridgehead atoms. The van der Waals surface area contributed by atoms with Crippen molar-refractivity contribution >= 4 is 5.96 Å². The van der Waals surface area contributed by atoms with Crippen molar-refractivity contribution in [2.45, 2.75) is 13.0 Å². The number of benzene rings is 2. The first-order valence-electron chi connectivity index (χ1n) is 8.49. The highest BCUT2D eigenvalue weighted by Gasteiger charge is 2.15. The number of guanidine groups is 1. The summed E-state index contributed by atoms with van der Waals surface area (Å²) in [6.07, 6.45) is 0.759. The van der Waals surface area contributed by atoms with Crippen LogP contribution in [0.15, 0.2) is 47.5 Å². The molecule has 6 nitrogen and oxygen atoms in total. The first kappa shape index (κ1) is 19.4. The van der Waals surface area contributed by atoms with Crippen molar-refractivity contribution in [3.8, 4) is 17.2 Å². The smallest absolute Gasteiger partial charge is 0.203 e. The summed E-state index contributed by atoms with van der Waals surface area (Å²) in [5, 5.41) is 6.62. The van der Waals surface area contributed by atoms with E-state index < -0.39 is 0 Å². The molecule has 0 amide bonds. The van der Waals surface area contributed by atoms with Crippen LogP contribution in [0.1, 0.15) is 11.1 Å². The van der Waals surface area contributed by atoms with Crippen LogP contribution in [0.25, 0.3) is 0 Å². The van der Waals surface area contributed by atoms with Gasteiger partial charge in [0.1, 0.15) is 0 Å². The first-order valence-corrected chi connectivity index (χ1v) is 8.49. The van der Waals surface area contributed by atoms with Crippen LogP contribution >= 0.6 is 0 Å². The highest BCUT2D eigenvalue weighted by molar-refractivity contribution is 5.79. The largest absolute Gasteiger partial charge is 0.493 e. The third-order valence-corrected chi connectivity index (χ3v) is 4.00. The third kappa shape index (κ3) is 5.05. The molecule has 0 fully saturated rings. The molecule has 0 aliphatic carbocycles. The number of hydrogen-bond acceptors (Lipinski definition) is 4. The van der Waals surface area contributed by atoms with Gasteiger partial charge in [-0.15, -0.1) is 0 Å². The Morgan fingerprint density at radius 1 is 0.885 bits per heavy atom. The maximum Gasteiger partial charge on any atom is 0.203 e. The van der Waals surface area contributed by atoms with Crippen LogP contribution in [0.4, 0.5) is 0 Å². The number of methoxy groups -OCH3 is 3. The monoisotopic (exact) mass is 357 g/mol. The Bertz CT molecular complexity index is 718. The third-order valence-electron chi connectivity index (χ3n) is 4.00. The summed E-state index contributed by atoms with van der Waals surface area (Å²) in [4.78, 5) is 4.26. The molecule has 0 heterocycles. The van der Waals surface area contributed by atoms with Gasteiger partial charge in [0.05, 0.1) is 21.3 Å². The van der Waals surface area contributed by atoms with Crippen LogP contribution in [-0.4, -0.2) is 40.9 Å². The average Bonchev–Trinajstić information content (AvgIpc) is 2.70. The molecule has 0 spiro atoms. The molecule has 6 heteroatoms. The van der Waals surface area contributed by atoms with E-state index in [1.165, 1.54) is 5.56 Å². The Balaban J connectivity index is 1.93. The van der Waals surface area contributed by atoms with E-state index in [0.29, 0.717) is 23.8 Å². The van der Waals surface area contributed by atoms with Crippen molar-refractivity contribution in [3.05, 3.63) is 53.6 Å². The predicted molar refractivity (Wildman–Crippen MR) is 104 cm³/mol. The fourth-order valence-electron chi connectivity index (χ4n) is 2.68. The molecule has 0 saturated heterocycles. The Labute approximate surface area is 155 Å². The molecule has 0 saturated carbocycles. The molecule has 0 radical (unpaired) electrons. The minimum atomic E-state index is 0.610. The Hall–Kier alpha value is -2.89. The number of rotatable bonds is 8. The maximum absolute atomic E-state index is 5.52. The lowest BCUT2D eigenvalue weighted by atomic mass is 10.1. The topological polar surface area (TPSA) is 64.1 Å². The standard InChI is InChI=1S/C20H27N3O3/c1-21-20(23-14-15-8-6-5-7-9-15)22-13-12-16-10-11-17(24-2)19(26-4)18(16)25-3/h5-11H,12-14H2,1-4H3,(H2,21,22,23). The number of nitrogens with zero attached hydrogens (tertiary/aromatic N) is 1. The van der Waals surface area contributed by atoms with Gasteiger partial charge in [-0.2, -0.15) is 0 Å². The van der Waals surface area contributed by atoms with Crippen molar-refractivity contribution in [1.29, 1.82) is 0 Å². The first-order chi connectivity index (χ1) is 12.7. The van der Waals surface area contributed by atoms with Gasteiger partial charge in [0.2, 0.25) is 5.75 Å². The lowest BCUT2D eigenvalue weighted by Gasteiger charge is -2.16. The van der Waals surface area contributed by atoms with Gasteiger partial charge in [0.15, 0.2) is 17.5 Å². The summed E-state index contributed by atoms with van der Waals surface area (Å²) in [6.45, 7) is 1.43. The summed E-state index contributed by atoms with van der Waals surface area (Å²) in [5.41, 5.74) is 2.24. The van der Waals surface area contributed by atoms with Crippen molar-refractivity contribution in [2.24, 2.45) is 4.99 Å². The van der Waals surface area contributed by atoms with Gasteiger partial charge < -0.3 is 24.8 Å². The molecule has 0 unspecified atom stereocenters. The molecular formula is C20H27N3O3. The van der Waals surface area contributed by atoms with Gasteiger partial charge in [-0.25, -0.2) is 0 Å². The molecular weight excluding hydrogens is 330 g/mol. The van der Waals surface area contributed by atoms with E-state index in [2.05, 4.69) is 27.8 Å². The molecule has 0 aliphatic rings. The fourth-order valence-corrected chi connectivity index (χ4v) is 2.68. The van der Waals surface area contributed by atoms with Crippen molar-refractivity contribution < 1.29 is 14.2 Å². The molecule has 0 aliphatic heterocycles. The van der Waals surface area contributed by atoms with E-state index in [1.54, 1.807) is 28.4 Å². The van der Waals surface area contributed by atoms with E-state index in [0.717, 1.165) is 24.5 Å². The van der Waals surface area contributed by atoms with Gasteiger partial charge in [-0.3, -0.25) is 4.99 Å². The highest BCUT2D eigenvalue weighted by atomic mass is 16.5. The zero-order chi connectivity index (χ0) is 18.8. The quantitative estimate of drug-likeness (QED) is 0.562. The summed E-state index contributed by atoms with van der Waals surface area (Å²) in [5.74, 6) is 2.72. The second-order valence-corrected chi connectivity index (χ2v) is 5.58. The molecule has 140 valence electrons. The zero-order valence-electron chi connectivity index (χ0n) is 15.8. The minimum absolute atomic E-state index is 0.610. The molecule has 2 N–H and O–H groups in total.